The van der Waals surface area contributed by atoms with Crippen molar-refractivity contribution in [2.75, 3.05) is 24.8 Å². The zero-order chi connectivity index (χ0) is 13.8. The second-order valence-corrected chi connectivity index (χ2v) is 4.11. The Kier molecular flexibility index (Phi) is 3.58. The predicted octanol–water partition coefficient (Wildman–Crippen LogP) is 2.92. The van der Waals surface area contributed by atoms with Crippen molar-refractivity contribution in [2.45, 2.75) is 0 Å². The van der Waals surface area contributed by atoms with Crippen molar-refractivity contribution in [3.63, 3.8) is 0 Å². The first kappa shape index (κ1) is 12.8. The maximum Gasteiger partial charge on any atom is 0.119 e. The van der Waals surface area contributed by atoms with Gasteiger partial charge in [-0.25, -0.2) is 0 Å². The van der Waals surface area contributed by atoms with E-state index in [2.05, 4.69) is 6.07 Å². The summed E-state index contributed by atoms with van der Waals surface area (Å²) in [5.41, 5.74) is 8.76. The lowest BCUT2D eigenvalue weighted by atomic mass is 10.1. The highest BCUT2D eigenvalue weighted by Crippen LogP contribution is 2.31. The van der Waals surface area contributed by atoms with Gasteiger partial charge in [0.2, 0.25) is 0 Å². The summed E-state index contributed by atoms with van der Waals surface area (Å²) in [6, 6.07) is 15.2. The van der Waals surface area contributed by atoms with Gasteiger partial charge in [-0.3, -0.25) is 0 Å². The molecule has 4 heteroatoms. The molecule has 2 rings (SSSR count). The molecule has 0 aliphatic carbocycles. The van der Waals surface area contributed by atoms with Crippen LogP contribution in [0.15, 0.2) is 42.5 Å². The average Bonchev–Trinajstić information content (AvgIpc) is 2.47. The van der Waals surface area contributed by atoms with Crippen LogP contribution in [0.25, 0.3) is 0 Å². The lowest BCUT2D eigenvalue weighted by Crippen LogP contribution is -2.12. The van der Waals surface area contributed by atoms with Gasteiger partial charge in [-0.05, 0) is 36.4 Å². The van der Waals surface area contributed by atoms with Crippen LogP contribution in [0.1, 0.15) is 5.56 Å². The number of nitrogens with zero attached hydrogens (tertiary/aromatic N) is 2. The lowest BCUT2D eigenvalue weighted by Gasteiger charge is -2.21. The fourth-order valence-corrected chi connectivity index (χ4v) is 1.89. The van der Waals surface area contributed by atoms with E-state index in [9.17, 15) is 0 Å². The number of para-hydroxylation sites is 1. The maximum absolute atomic E-state index is 9.00. The maximum atomic E-state index is 9.00. The van der Waals surface area contributed by atoms with E-state index in [-0.39, 0.29) is 0 Å². The minimum atomic E-state index is 0.484. The number of methoxy groups -OCH3 is 1. The first-order chi connectivity index (χ1) is 9.17. The van der Waals surface area contributed by atoms with Crippen LogP contribution in [-0.2, 0) is 0 Å². The minimum Gasteiger partial charge on any atom is -0.497 e. The molecule has 0 unspecified atom stereocenters. The van der Waals surface area contributed by atoms with Gasteiger partial charge in [0.05, 0.1) is 24.0 Å². The Labute approximate surface area is 112 Å². The normalized spacial score (nSPS) is 9.74. The molecule has 0 aliphatic rings. The second-order valence-electron chi connectivity index (χ2n) is 4.11. The third-order valence-corrected chi connectivity index (χ3v) is 3.02. The van der Waals surface area contributed by atoms with Crippen LogP contribution in [-0.4, -0.2) is 14.2 Å². The van der Waals surface area contributed by atoms with Crippen LogP contribution in [0.2, 0.25) is 0 Å². The van der Waals surface area contributed by atoms with Crippen LogP contribution in [0, 0.1) is 11.3 Å². The summed E-state index contributed by atoms with van der Waals surface area (Å²) in [6.45, 7) is 0. The summed E-state index contributed by atoms with van der Waals surface area (Å²) in [7, 11) is 3.54. The summed E-state index contributed by atoms with van der Waals surface area (Å²) < 4.78 is 5.13. The molecule has 0 atom stereocenters. The third-order valence-electron chi connectivity index (χ3n) is 3.02. The SMILES string of the molecule is COc1ccc(N(C)c2cccc(C#N)c2N)cc1. The number of hydrogen-bond acceptors (Lipinski definition) is 4. The molecule has 4 nitrogen and oxygen atoms in total. The standard InChI is InChI=1S/C15H15N3O/c1-18(12-6-8-13(19-2)9-7-12)14-5-3-4-11(10-16)15(14)17/h3-9H,17H2,1-2H3. The quantitative estimate of drug-likeness (QED) is 0.854. The average molecular weight is 253 g/mol. The lowest BCUT2D eigenvalue weighted by molar-refractivity contribution is 0.415. The minimum absolute atomic E-state index is 0.484. The highest BCUT2D eigenvalue weighted by Gasteiger charge is 2.10. The van der Waals surface area contributed by atoms with Crippen LogP contribution in [0.4, 0.5) is 17.1 Å². The molecule has 0 radical (unpaired) electrons. The van der Waals surface area contributed by atoms with E-state index in [4.69, 9.17) is 15.7 Å². The zero-order valence-electron chi connectivity index (χ0n) is 10.9. The van der Waals surface area contributed by atoms with E-state index in [1.165, 1.54) is 0 Å². The number of rotatable bonds is 3. The Hall–Kier alpha value is -2.67. The molecule has 0 aliphatic heterocycles. The van der Waals surface area contributed by atoms with Gasteiger partial charge in [-0.15, -0.1) is 0 Å². The number of nitrogens with two attached hydrogens (primary N) is 1. The van der Waals surface area contributed by atoms with E-state index in [1.54, 1.807) is 13.2 Å². The second kappa shape index (κ2) is 5.32. The first-order valence-corrected chi connectivity index (χ1v) is 5.83. The molecule has 2 N–H and O–H groups in total. The third kappa shape index (κ3) is 2.45. The van der Waals surface area contributed by atoms with Crippen molar-refractivity contribution in [2.24, 2.45) is 0 Å². The van der Waals surface area contributed by atoms with Crippen molar-refractivity contribution in [3.05, 3.63) is 48.0 Å². The molecule has 96 valence electrons. The Morgan fingerprint density at radius 1 is 1.16 bits per heavy atom. The molecule has 0 amide bonds. The number of nitrogen functional groups attached to an aromatic ring is 1. The van der Waals surface area contributed by atoms with Gasteiger partial charge in [0.1, 0.15) is 11.8 Å². The fourth-order valence-electron chi connectivity index (χ4n) is 1.89. The van der Waals surface area contributed by atoms with Crippen LogP contribution >= 0.6 is 0 Å². The van der Waals surface area contributed by atoms with Gasteiger partial charge in [0.25, 0.3) is 0 Å². The highest BCUT2D eigenvalue weighted by molar-refractivity contribution is 5.78. The van der Waals surface area contributed by atoms with E-state index in [0.29, 0.717) is 11.3 Å². The van der Waals surface area contributed by atoms with E-state index < -0.39 is 0 Å². The molecule has 0 spiro atoms. The molecule has 2 aromatic carbocycles. The first-order valence-electron chi connectivity index (χ1n) is 5.83. The molecule has 0 saturated heterocycles. The number of nitriles is 1. The smallest absolute Gasteiger partial charge is 0.119 e. The molecule has 2 aromatic rings. The predicted molar refractivity (Wildman–Crippen MR) is 76.6 cm³/mol. The molecule has 0 heterocycles. The van der Waals surface area contributed by atoms with Crippen LogP contribution in [0.3, 0.4) is 0 Å². The Morgan fingerprint density at radius 2 is 1.84 bits per heavy atom. The topological polar surface area (TPSA) is 62.3 Å². The molecular weight excluding hydrogens is 238 g/mol. The highest BCUT2D eigenvalue weighted by atomic mass is 16.5. The summed E-state index contributed by atoms with van der Waals surface area (Å²) in [5.74, 6) is 0.802. The van der Waals surface area contributed by atoms with E-state index in [1.807, 2.05) is 48.3 Å². The van der Waals surface area contributed by atoms with Crippen LogP contribution in [0.5, 0.6) is 5.75 Å². The molecule has 0 fully saturated rings. The van der Waals surface area contributed by atoms with Crippen LogP contribution < -0.4 is 15.4 Å². The molecule has 0 bridgehead atoms. The Balaban J connectivity index is 2.38. The van der Waals surface area contributed by atoms with Crippen molar-refractivity contribution in [1.29, 1.82) is 5.26 Å². The Morgan fingerprint density at radius 3 is 2.42 bits per heavy atom. The zero-order valence-corrected chi connectivity index (χ0v) is 10.9. The van der Waals surface area contributed by atoms with Crippen molar-refractivity contribution >= 4 is 17.1 Å². The number of hydrogen-bond donors (Lipinski definition) is 1. The van der Waals surface area contributed by atoms with Gasteiger partial charge >= 0.3 is 0 Å². The summed E-state index contributed by atoms with van der Waals surface area (Å²) in [4.78, 5) is 1.94. The monoisotopic (exact) mass is 253 g/mol. The summed E-state index contributed by atoms with van der Waals surface area (Å²) in [6.07, 6.45) is 0. The van der Waals surface area contributed by atoms with E-state index in [0.717, 1.165) is 17.1 Å². The van der Waals surface area contributed by atoms with Crippen molar-refractivity contribution in [1.82, 2.24) is 0 Å². The largest absolute Gasteiger partial charge is 0.497 e. The molecule has 19 heavy (non-hydrogen) atoms. The fraction of sp³-hybridized carbons (Fsp3) is 0.133. The number of benzene rings is 2. The molecular formula is C15H15N3O. The number of anilines is 3. The van der Waals surface area contributed by atoms with Gasteiger partial charge in [0, 0.05) is 12.7 Å². The molecule has 0 saturated carbocycles. The van der Waals surface area contributed by atoms with Gasteiger partial charge in [0.15, 0.2) is 0 Å². The van der Waals surface area contributed by atoms with E-state index >= 15 is 0 Å². The van der Waals surface area contributed by atoms with Gasteiger partial charge < -0.3 is 15.4 Å². The number of ether oxygens (including phenoxy) is 1. The van der Waals surface area contributed by atoms with Gasteiger partial charge in [-0.2, -0.15) is 5.26 Å². The Bertz CT molecular complexity index is 614. The molecule has 0 aromatic heterocycles. The summed E-state index contributed by atoms with van der Waals surface area (Å²) in [5, 5.41) is 9.00. The van der Waals surface area contributed by atoms with Crippen molar-refractivity contribution in [3.8, 4) is 11.8 Å². The van der Waals surface area contributed by atoms with Gasteiger partial charge in [-0.1, -0.05) is 6.07 Å². The van der Waals surface area contributed by atoms with Crippen molar-refractivity contribution < 1.29 is 4.74 Å². The summed E-state index contributed by atoms with van der Waals surface area (Å²) >= 11 is 0.